The van der Waals surface area contributed by atoms with Crippen molar-refractivity contribution in [1.29, 1.82) is 0 Å². The van der Waals surface area contributed by atoms with Gasteiger partial charge in [-0.05, 0) is 25.1 Å². The number of para-hydroxylation sites is 1. The van der Waals surface area contributed by atoms with E-state index in [0.29, 0.717) is 29.1 Å². The van der Waals surface area contributed by atoms with Gasteiger partial charge < -0.3 is 15.2 Å². The molecule has 0 spiro atoms. The number of rotatable bonds is 6. The largest absolute Gasteiger partial charge is 0.493 e. The minimum Gasteiger partial charge on any atom is -0.493 e. The van der Waals surface area contributed by atoms with E-state index in [-0.39, 0.29) is 0 Å². The fourth-order valence-corrected chi connectivity index (χ4v) is 2.63. The zero-order valence-electron chi connectivity index (χ0n) is 14.5. The Balaban J connectivity index is 1.88. The standard InChI is InChI=1S/C19H19ClN4O2/c1-13-11-24(19(21)23-13)22-10-14-7-5-9-17(25-2)18(14)26-12-15-6-3-4-8-16(15)20/h3-11H,12H2,1-2H3,(H2,21,23). The zero-order valence-corrected chi connectivity index (χ0v) is 15.3. The average molecular weight is 371 g/mol. The molecule has 1 heterocycles. The highest BCUT2D eigenvalue weighted by molar-refractivity contribution is 6.31. The lowest BCUT2D eigenvalue weighted by molar-refractivity contribution is 0.284. The predicted molar refractivity (Wildman–Crippen MR) is 103 cm³/mol. The molecule has 0 aliphatic carbocycles. The molecule has 7 heteroatoms. The number of methoxy groups -OCH3 is 1. The number of ether oxygens (including phenoxy) is 2. The first-order valence-electron chi connectivity index (χ1n) is 7.97. The van der Waals surface area contributed by atoms with E-state index in [1.165, 1.54) is 4.68 Å². The first-order valence-corrected chi connectivity index (χ1v) is 8.35. The highest BCUT2D eigenvalue weighted by Crippen LogP contribution is 2.31. The first kappa shape index (κ1) is 17.8. The Labute approximate surface area is 156 Å². The number of benzene rings is 2. The summed E-state index contributed by atoms with van der Waals surface area (Å²) >= 11 is 6.20. The molecule has 0 aliphatic heterocycles. The molecule has 0 aliphatic rings. The number of nitrogen functional groups attached to an aromatic ring is 1. The molecule has 0 atom stereocenters. The fraction of sp³-hybridized carbons (Fsp3) is 0.158. The van der Waals surface area contributed by atoms with Crippen molar-refractivity contribution in [1.82, 2.24) is 9.66 Å². The molecule has 0 bridgehead atoms. The molecule has 0 saturated heterocycles. The monoisotopic (exact) mass is 370 g/mol. The van der Waals surface area contributed by atoms with E-state index in [1.54, 1.807) is 19.5 Å². The van der Waals surface area contributed by atoms with Crippen molar-refractivity contribution in [3.63, 3.8) is 0 Å². The number of nitrogens with zero attached hydrogens (tertiary/aromatic N) is 3. The van der Waals surface area contributed by atoms with Crippen molar-refractivity contribution >= 4 is 23.8 Å². The van der Waals surface area contributed by atoms with Crippen molar-refractivity contribution in [3.8, 4) is 11.5 Å². The highest BCUT2D eigenvalue weighted by atomic mass is 35.5. The lowest BCUT2D eigenvalue weighted by Crippen LogP contribution is -2.02. The Morgan fingerprint density at radius 1 is 1.23 bits per heavy atom. The van der Waals surface area contributed by atoms with Crippen LogP contribution in [0, 0.1) is 6.92 Å². The van der Waals surface area contributed by atoms with E-state index in [9.17, 15) is 0 Å². The minimum atomic E-state index is 0.313. The minimum absolute atomic E-state index is 0.313. The van der Waals surface area contributed by atoms with Crippen LogP contribution in [0.15, 0.2) is 53.8 Å². The Bertz CT molecular complexity index is 937. The van der Waals surface area contributed by atoms with E-state index in [0.717, 1.165) is 16.8 Å². The molecule has 0 fully saturated rings. The van der Waals surface area contributed by atoms with Crippen LogP contribution >= 0.6 is 11.6 Å². The lowest BCUT2D eigenvalue weighted by atomic mass is 10.2. The van der Waals surface area contributed by atoms with Crippen LogP contribution < -0.4 is 15.2 Å². The van der Waals surface area contributed by atoms with Crippen molar-refractivity contribution < 1.29 is 9.47 Å². The Morgan fingerprint density at radius 2 is 2.04 bits per heavy atom. The van der Waals surface area contributed by atoms with Crippen LogP contribution in [0.4, 0.5) is 5.95 Å². The second kappa shape index (κ2) is 7.93. The average Bonchev–Trinajstić information content (AvgIpc) is 2.96. The van der Waals surface area contributed by atoms with Crippen LogP contribution in [-0.4, -0.2) is 23.0 Å². The molecule has 0 radical (unpaired) electrons. The summed E-state index contributed by atoms with van der Waals surface area (Å²) in [5, 5.41) is 5.00. The number of nitrogens with two attached hydrogens (primary N) is 1. The Morgan fingerprint density at radius 3 is 2.73 bits per heavy atom. The van der Waals surface area contributed by atoms with Crippen molar-refractivity contribution in [3.05, 3.63) is 70.5 Å². The Hall–Kier alpha value is -2.99. The lowest BCUT2D eigenvalue weighted by Gasteiger charge is -2.13. The van der Waals surface area contributed by atoms with E-state index >= 15 is 0 Å². The molecule has 3 rings (SSSR count). The van der Waals surface area contributed by atoms with Crippen LogP contribution in [0.25, 0.3) is 0 Å². The van der Waals surface area contributed by atoms with Crippen molar-refractivity contribution in [2.45, 2.75) is 13.5 Å². The van der Waals surface area contributed by atoms with Gasteiger partial charge in [-0.1, -0.05) is 35.9 Å². The van der Waals surface area contributed by atoms with Gasteiger partial charge in [-0.25, -0.2) is 9.66 Å². The highest BCUT2D eigenvalue weighted by Gasteiger charge is 2.11. The number of imidazole rings is 1. The summed E-state index contributed by atoms with van der Waals surface area (Å²) in [7, 11) is 1.59. The SMILES string of the molecule is COc1cccc(C=Nn2cc(C)nc2N)c1OCc1ccccc1Cl. The predicted octanol–water partition coefficient (Wildman–Crippen LogP) is 3.90. The van der Waals surface area contributed by atoms with Gasteiger partial charge in [0.25, 0.3) is 0 Å². The van der Waals surface area contributed by atoms with E-state index in [4.69, 9.17) is 26.8 Å². The van der Waals surface area contributed by atoms with Crippen LogP contribution in [0.3, 0.4) is 0 Å². The number of anilines is 1. The van der Waals surface area contributed by atoms with Crippen LogP contribution in [-0.2, 0) is 6.61 Å². The number of halogens is 1. The molecule has 6 nitrogen and oxygen atoms in total. The summed E-state index contributed by atoms with van der Waals surface area (Å²) in [6.45, 7) is 2.17. The molecule has 0 unspecified atom stereocenters. The van der Waals surface area contributed by atoms with Crippen LogP contribution in [0.1, 0.15) is 16.8 Å². The summed E-state index contributed by atoms with van der Waals surface area (Å²) in [5.41, 5.74) is 8.25. The molecular formula is C19H19ClN4O2. The van der Waals surface area contributed by atoms with E-state index < -0.39 is 0 Å². The fourth-order valence-electron chi connectivity index (χ4n) is 2.44. The number of aryl methyl sites for hydroxylation is 1. The molecular weight excluding hydrogens is 352 g/mol. The molecule has 3 aromatic rings. The van der Waals surface area contributed by atoms with Gasteiger partial charge >= 0.3 is 0 Å². The topological polar surface area (TPSA) is 74.7 Å². The molecule has 2 N–H and O–H groups in total. The first-order chi connectivity index (χ1) is 12.6. The quantitative estimate of drug-likeness (QED) is 0.668. The van der Waals surface area contributed by atoms with Gasteiger partial charge in [0, 0.05) is 16.1 Å². The molecule has 26 heavy (non-hydrogen) atoms. The summed E-state index contributed by atoms with van der Waals surface area (Å²) < 4.78 is 12.9. The van der Waals surface area contributed by atoms with Gasteiger partial charge in [-0.3, -0.25) is 0 Å². The van der Waals surface area contributed by atoms with Crippen molar-refractivity contribution in [2.75, 3.05) is 12.8 Å². The third-order valence-electron chi connectivity index (χ3n) is 3.72. The Kier molecular flexibility index (Phi) is 5.43. The zero-order chi connectivity index (χ0) is 18.5. The second-order valence-corrected chi connectivity index (χ2v) is 6.00. The maximum Gasteiger partial charge on any atom is 0.221 e. The summed E-state index contributed by atoms with van der Waals surface area (Å²) in [6.07, 6.45) is 3.40. The summed E-state index contributed by atoms with van der Waals surface area (Å²) in [5.74, 6) is 1.50. The molecule has 134 valence electrons. The van der Waals surface area contributed by atoms with E-state index in [1.807, 2.05) is 49.4 Å². The molecule has 0 saturated carbocycles. The van der Waals surface area contributed by atoms with Gasteiger partial charge in [0.2, 0.25) is 5.95 Å². The maximum absolute atomic E-state index is 6.20. The number of hydrogen-bond acceptors (Lipinski definition) is 5. The summed E-state index contributed by atoms with van der Waals surface area (Å²) in [4.78, 5) is 4.12. The third kappa shape index (κ3) is 3.97. The van der Waals surface area contributed by atoms with Crippen molar-refractivity contribution in [2.24, 2.45) is 5.10 Å². The van der Waals surface area contributed by atoms with Gasteiger partial charge in [-0.15, -0.1) is 0 Å². The molecule has 2 aromatic carbocycles. The number of aromatic nitrogens is 2. The second-order valence-electron chi connectivity index (χ2n) is 5.59. The van der Waals surface area contributed by atoms with Crippen LogP contribution in [0.2, 0.25) is 5.02 Å². The molecule has 1 aromatic heterocycles. The van der Waals surface area contributed by atoms with Gasteiger partial charge in [0.05, 0.1) is 25.2 Å². The van der Waals surface area contributed by atoms with Gasteiger partial charge in [0.15, 0.2) is 11.5 Å². The smallest absolute Gasteiger partial charge is 0.221 e. The van der Waals surface area contributed by atoms with Crippen LogP contribution in [0.5, 0.6) is 11.5 Å². The molecule has 0 amide bonds. The van der Waals surface area contributed by atoms with Gasteiger partial charge in [0.1, 0.15) is 6.61 Å². The third-order valence-corrected chi connectivity index (χ3v) is 4.08. The van der Waals surface area contributed by atoms with Gasteiger partial charge in [-0.2, -0.15) is 5.10 Å². The number of hydrogen-bond donors (Lipinski definition) is 1. The normalized spacial score (nSPS) is 11.0. The maximum atomic E-state index is 6.20. The van der Waals surface area contributed by atoms with E-state index in [2.05, 4.69) is 10.1 Å². The summed E-state index contributed by atoms with van der Waals surface area (Å²) in [6, 6.07) is 13.1.